The zero-order valence-corrected chi connectivity index (χ0v) is 13.7. The Balaban J connectivity index is 6.49. The van der Waals surface area contributed by atoms with Crippen molar-refractivity contribution in [2.45, 2.75) is 0 Å². The first-order valence-electron chi connectivity index (χ1n) is 6.17. The smallest absolute Gasteiger partial charge is 0.123 e. The van der Waals surface area contributed by atoms with E-state index in [0.29, 0.717) is 22.8 Å². The van der Waals surface area contributed by atoms with Gasteiger partial charge in [-0.3, -0.25) is 0 Å². The molecule has 0 rings (SSSR count). The molecule has 0 saturated carbocycles. The van der Waals surface area contributed by atoms with Crippen molar-refractivity contribution in [2.24, 2.45) is 0 Å². The van der Waals surface area contributed by atoms with Crippen LogP contribution in [0.25, 0.3) is 0 Å². The Hall–Kier alpha value is -2.34. The van der Waals surface area contributed by atoms with Crippen molar-refractivity contribution in [1.82, 2.24) is 19.6 Å². The highest BCUT2D eigenvalue weighted by molar-refractivity contribution is 5.54. The molecule has 6 heteroatoms. The van der Waals surface area contributed by atoms with Crippen LogP contribution >= 0.6 is 0 Å². The molecule has 0 N–H and O–H groups in total. The van der Waals surface area contributed by atoms with Crippen LogP contribution in [0.5, 0.6) is 0 Å². The van der Waals surface area contributed by atoms with Gasteiger partial charge in [-0.25, -0.2) is 0 Å². The topological polar surface area (TPSA) is 60.5 Å². The third-order valence-corrected chi connectivity index (χ3v) is 2.62. The summed E-state index contributed by atoms with van der Waals surface area (Å²) in [6.07, 6.45) is 0. The van der Waals surface area contributed by atoms with Gasteiger partial charge in [-0.15, -0.1) is 0 Å². The molecule has 0 bridgehead atoms. The normalized spacial score (nSPS) is 8.90. The standard InChI is InChI=1S/C14H24N6/c1-17(2)13(18(3)4)11(9-15)12(10-16)14(19(5)6)20(7)8/h1-8H3. The van der Waals surface area contributed by atoms with Crippen LogP contribution < -0.4 is 0 Å². The fraction of sp³-hybridized carbons (Fsp3) is 0.571. The van der Waals surface area contributed by atoms with Crippen molar-refractivity contribution in [3.8, 4) is 12.1 Å². The van der Waals surface area contributed by atoms with Gasteiger partial charge in [-0.1, -0.05) is 0 Å². The molecule has 0 radical (unpaired) electrons. The minimum atomic E-state index is 0.361. The van der Waals surface area contributed by atoms with Crippen LogP contribution in [-0.4, -0.2) is 76.0 Å². The Morgan fingerprint density at radius 2 is 0.750 bits per heavy atom. The van der Waals surface area contributed by atoms with Crippen LogP contribution in [0.1, 0.15) is 0 Å². The van der Waals surface area contributed by atoms with Crippen molar-refractivity contribution in [2.75, 3.05) is 56.4 Å². The number of hydrogen-bond acceptors (Lipinski definition) is 6. The SMILES string of the molecule is CN(C)C(=C(C#N)C(C#N)=C(N(C)C)N(C)C)N(C)C. The Kier molecular flexibility index (Phi) is 6.44. The summed E-state index contributed by atoms with van der Waals surface area (Å²) < 4.78 is 0. The lowest BCUT2D eigenvalue weighted by atomic mass is 10.1. The van der Waals surface area contributed by atoms with Gasteiger partial charge in [-0.2, -0.15) is 10.5 Å². The van der Waals surface area contributed by atoms with Crippen LogP contribution in [0, 0.1) is 22.7 Å². The number of hydrogen-bond donors (Lipinski definition) is 0. The lowest BCUT2D eigenvalue weighted by Gasteiger charge is -2.29. The van der Waals surface area contributed by atoms with Gasteiger partial charge in [0.1, 0.15) is 34.9 Å². The van der Waals surface area contributed by atoms with Gasteiger partial charge in [0.15, 0.2) is 0 Å². The molecule has 20 heavy (non-hydrogen) atoms. The van der Waals surface area contributed by atoms with Crippen LogP contribution in [0.3, 0.4) is 0 Å². The van der Waals surface area contributed by atoms with E-state index >= 15 is 0 Å². The van der Waals surface area contributed by atoms with Gasteiger partial charge in [0.05, 0.1) is 0 Å². The molecule has 0 fully saturated rings. The summed E-state index contributed by atoms with van der Waals surface area (Å²) in [6, 6.07) is 4.34. The summed E-state index contributed by atoms with van der Waals surface area (Å²) in [6.45, 7) is 0. The maximum atomic E-state index is 9.52. The van der Waals surface area contributed by atoms with Crippen LogP contribution in [0.15, 0.2) is 22.8 Å². The van der Waals surface area contributed by atoms with Gasteiger partial charge in [0.25, 0.3) is 0 Å². The van der Waals surface area contributed by atoms with E-state index < -0.39 is 0 Å². The number of nitrogens with zero attached hydrogens (tertiary/aromatic N) is 6. The number of rotatable bonds is 5. The lowest BCUT2D eigenvalue weighted by molar-refractivity contribution is 0.330. The maximum absolute atomic E-state index is 9.52. The summed E-state index contributed by atoms with van der Waals surface area (Å²) in [5.74, 6) is 1.40. The molecule has 110 valence electrons. The van der Waals surface area contributed by atoms with E-state index in [1.165, 1.54) is 0 Å². The van der Waals surface area contributed by atoms with E-state index in [2.05, 4.69) is 12.1 Å². The quantitative estimate of drug-likeness (QED) is 0.544. The van der Waals surface area contributed by atoms with E-state index in [1.54, 1.807) is 0 Å². The fourth-order valence-electron chi connectivity index (χ4n) is 2.13. The molecule has 0 unspecified atom stereocenters. The lowest BCUT2D eigenvalue weighted by Crippen LogP contribution is -2.30. The highest BCUT2D eigenvalue weighted by atomic mass is 15.3. The zero-order chi connectivity index (χ0) is 16.0. The summed E-state index contributed by atoms with van der Waals surface area (Å²) in [5, 5.41) is 19.0. The summed E-state index contributed by atoms with van der Waals surface area (Å²) >= 11 is 0. The predicted molar refractivity (Wildman–Crippen MR) is 80.0 cm³/mol. The highest BCUT2D eigenvalue weighted by Gasteiger charge is 2.21. The molecule has 0 saturated heterocycles. The molecule has 6 nitrogen and oxygen atoms in total. The first kappa shape index (κ1) is 17.7. The molecule has 0 aliphatic carbocycles. The van der Waals surface area contributed by atoms with Crippen molar-refractivity contribution < 1.29 is 0 Å². The second-order valence-corrected chi connectivity index (χ2v) is 5.20. The van der Waals surface area contributed by atoms with Gasteiger partial charge in [-0.05, 0) is 0 Å². The maximum Gasteiger partial charge on any atom is 0.123 e. The van der Waals surface area contributed by atoms with E-state index in [1.807, 2.05) is 76.0 Å². The van der Waals surface area contributed by atoms with Crippen LogP contribution in [-0.2, 0) is 0 Å². The van der Waals surface area contributed by atoms with Gasteiger partial charge < -0.3 is 19.6 Å². The Morgan fingerprint density at radius 1 is 0.550 bits per heavy atom. The average molecular weight is 276 g/mol. The molecule has 0 spiro atoms. The second-order valence-electron chi connectivity index (χ2n) is 5.20. The fourth-order valence-corrected chi connectivity index (χ4v) is 2.13. The molecular formula is C14H24N6. The van der Waals surface area contributed by atoms with Crippen molar-refractivity contribution >= 4 is 0 Å². The molecule has 0 aromatic heterocycles. The third kappa shape index (κ3) is 3.83. The van der Waals surface area contributed by atoms with Crippen LogP contribution in [0.4, 0.5) is 0 Å². The molecule has 0 aliphatic rings. The summed E-state index contributed by atoms with van der Waals surface area (Å²) in [4.78, 5) is 7.33. The van der Waals surface area contributed by atoms with Gasteiger partial charge in [0, 0.05) is 56.4 Å². The highest BCUT2D eigenvalue weighted by Crippen LogP contribution is 2.22. The Labute approximate surface area is 122 Å². The molecule has 0 atom stereocenters. The molecular weight excluding hydrogens is 252 g/mol. The van der Waals surface area contributed by atoms with Gasteiger partial charge in [0.2, 0.25) is 0 Å². The minimum absolute atomic E-state index is 0.361. The van der Waals surface area contributed by atoms with Crippen molar-refractivity contribution in [3.63, 3.8) is 0 Å². The third-order valence-electron chi connectivity index (χ3n) is 2.62. The van der Waals surface area contributed by atoms with Crippen LogP contribution in [0.2, 0.25) is 0 Å². The van der Waals surface area contributed by atoms with E-state index in [9.17, 15) is 10.5 Å². The monoisotopic (exact) mass is 276 g/mol. The average Bonchev–Trinajstić information content (AvgIpc) is 2.30. The minimum Gasteiger partial charge on any atom is -0.363 e. The second kappa shape index (κ2) is 7.30. The van der Waals surface area contributed by atoms with Crippen molar-refractivity contribution in [1.29, 1.82) is 10.5 Å². The van der Waals surface area contributed by atoms with Gasteiger partial charge >= 0.3 is 0 Å². The number of allylic oxidation sites excluding steroid dienone is 2. The Morgan fingerprint density at radius 3 is 0.850 bits per heavy atom. The zero-order valence-electron chi connectivity index (χ0n) is 13.7. The molecule has 0 aliphatic heterocycles. The first-order valence-corrected chi connectivity index (χ1v) is 6.17. The largest absolute Gasteiger partial charge is 0.363 e. The first-order chi connectivity index (χ1) is 9.18. The molecule has 0 aromatic carbocycles. The predicted octanol–water partition coefficient (Wildman–Crippen LogP) is 0.703. The molecule has 0 amide bonds. The summed E-state index contributed by atoms with van der Waals surface area (Å²) in [5.41, 5.74) is 0.722. The number of nitriles is 2. The molecule has 0 aromatic rings. The van der Waals surface area contributed by atoms with E-state index in [4.69, 9.17) is 0 Å². The summed E-state index contributed by atoms with van der Waals surface area (Å²) in [7, 11) is 14.8. The van der Waals surface area contributed by atoms with Crippen molar-refractivity contribution in [3.05, 3.63) is 22.8 Å². The molecule has 0 heterocycles. The van der Waals surface area contributed by atoms with E-state index in [0.717, 1.165) is 0 Å². The Bertz CT molecular complexity index is 417. The van der Waals surface area contributed by atoms with E-state index in [-0.39, 0.29) is 0 Å².